The van der Waals surface area contributed by atoms with Gasteiger partial charge in [0, 0.05) is 43.5 Å². The van der Waals surface area contributed by atoms with Crippen molar-refractivity contribution in [1.82, 2.24) is 29.2 Å². The van der Waals surface area contributed by atoms with Gasteiger partial charge in [-0.05, 0) is 60.4 Å². The quantitative estimate of drug-likeness (QED) is 0.260. The maximum Gasteiger partial charge on any atom is 0.433 e. The molecule has 4 aromatic rings. The van der Waals surface area contributed by atoms with E-state index in [1.54, 1.807) is 39.5 Å². The van der Waals surface area contributed by atoms with Crippen molar-refractivity contribution in [2.45, 2.75) is 37.5 Å². The van der Waals surface area contributed by atoms with Crippen LogP contribution in [0.25, 0.3) is 5.69 Å². The predicted molar refractivity (Wildman–Crippen MR) is 164 cm³/mol. The number of aliphatic hydroxyl groups is 1. The van der Waals surface area contributed by atoms with E-state index in [4.69, 9.17) is 4.99 Å². The molecule has 242 valence electrons. The van der Waals surface area contributed by atoms with E-state index >= 15 is 0 Å². The number of fused-ring (bicyclic) bond motifs is 1. The van der Waals surface area contributed by atoms with E-state index in [2.05, 4.69) is 15.1 Å². The highest BCUT2D eigenvalue weighted by atomic mass is 19.4. The summed E-state index contributed by atoms with van der Waals surface area (Å²) < 4.78 is 71.5. The zero-order valence-corrected chi connectivity index (χ0v) is 25.5. The van der Waals surface area contributed by atoms with Gasteiger partial charge in [0.15, 0.2) is 5.60 Å². The van der Waals surface area contributed by atoms with Crippen LogP contribution in [0.4, 0.5) is 22.0 Å². The number of amidine groups is 1. The number of rotatable bonds is 6. The number of alkyl halides is 5. The maximum absolute atomic E-state index is 14.1. The SMILES string of the molecule is CC1=C(Cc2ccc(-n3cccn3)cc2)C(N2CC(F)(F)C2)=NC2=CC=C(C(O)(c3ccc(C(F)(F)F)nc3)c3cncn3C)CC21. The van der Waals surface area contributed by atoms with Crippen molar-refractivity contribution in [1.29, 1.82) is 0 Å². The molecule has 2 aliphatic heterocycles. The summed E-state index contributed by atoms with van der Waals surface area (Å²) in [7, 11) is 1.69. The molecule has 8 nitrogen and oxygen atoms in total. The Morgan fingerprint density at radius 2 is 1.79 bits per heavy atom. The number of hydrogen-bond acceptors (Lipinski definition) is 6. The van der Waals surface area contributed by atoms with Crippen LogP contribution in [-0.4, -0.2) is 59.2 Å². The number of aryl methyl sites for hydroxylation is 1. The number of hydrogen-bond donors (Lipinski definition) is 1. The van der Waals surface area contributed by atoms with Crippen LogP contribution in [0.1, 0.15) is 35.9 Å². The molecule has 5 heterocycles. The van der Waals surface area contributed by atoms with Crippen LogP contribution in [0.5, 0.6) is 0 Å². The Morgan fingerprint density at radius 1 is 1.02 bits per heavy atom. The molecule has 3 aromatic heterocycles. The highest BCUT2D eigenvalue weighted by molar-refractivity contribution is 6.02. The number of dihydropyridines is 1. The summed E-state index contributed by atoms with van der Waals surface area (Å²) in [5, 5.41) is 16.7. The number of aliphatic imine (C=N–C) groups is 1. The Balaban J connectivity index is 1.27. The van der Waals surface area contributed by atoms with Crippen LogP contribution < -0.4 is 0 Å². The van der Waals surface area contributed by atoms with Crippen molar-refractivity contribution in [3.63, 3.8) is 0 Å². The van der Waals surface area contributed by atoms with Crippen LogP contribution >= 0.6 is 0 Å². The summed E-state index contributed by atoms with van der Waals surface area (Å²) in [6.45, 7) is 1.09. The van der Waals surface area contributed by atoms with Crippen molar-refractivity contribution in [3.05, 3.63) is 131 Å². The number of halogens is 5. The van der Waals surface area contributed by atoms with Gasteiger partial charge in [-0.2, -0.15) is 18.3 Å². The molecule has 1 aliphatic carbocycles. The zero-order chi connectivity index (χ0) is 33.1. The number of benzene rings is 1. The molecular weight excluding hydrogens is 617 g/mol. The summed E-state index contributed by atoms with van der Waals surface area (Å²) in [4.78, 5) is 14.3. The first-order valence-electron chi connectivity index (χ1n) is 15.0. The first-order valence-corrected chi connectivity index (χ1v) is 15.0. The minimum absolute atomic E-state index is 0.152. The fraction of sp³-hybridized carbons (Fsp3) is 0.294. The highest BCUT2D eigenvalue weighted by Crippen LogP contribution is 2.47. The third-order valence-corrected chi connectivity index (χ3v) is 9.09. The van der Waals surface area contributed by atoms with Crippen molar-refractivity contribution in [2.75, 3.05) is 13.1 Å². The smallest absolute Gasteiger partial charge is 0.375 e. The van der Waals surface area contributed by atoms with Crippen molar-refractivity contribution in [2.24, 2.45) is 18.0 Å². The molecule has 1 N–H and O–H groups in total. The Hall–Kier alpha value is -4.91. The molecule has 0 saturated carbocycles. The topological polar surface area (TPSA) is 84.4 Å². The van der Waals surface area contributed by atoms with Gasteiger partial charge in [-0.1, -0.05) is 29.8 Å². The first-order chi connectivity index (χ1) is 22.3. The number of likely N-dealkylation sites (tertiary alicyclic amines) is 1. The summed E-state index contributed by atoms with van der Waals surface area (Å²) in [5.41, 5.74) is 2.30. The molecule has 0 radical (unpaired) electrons. The van der Waals surface area contributed by atoms with Crippen molar-refractivity contribution < 1.29 is 27.1 Å². The zero-order valence-electron chi connectivity index (χ0n) is 25.5. The van der Waals surface area contributed by atoms with Gasteiger partial charge in [0.25, 0.3) is 5.92 Å². The average Bonchev–Trinajstić information content (AvgIpc) is 3.73. The van der Waals surface area contributed by atoms with E-state index in [1.165, 1.54) is 18.6 Å². The maximum atomic E-state index is 14.1. The van der Waals surface area contributed by atoms with Crippen molar-refractivity contribution >= 4 is 5.84 Å². The number of aromatic nitrogens is 5. The minimum atomic E-state index is -4.64. The lowest BCUT2D eigenvalue weighted by atomic mass is 9.73. The molecule has 47 heavy (non-hydrogen) atoms. The molecular formula is C34H30F5N7O. The van der Waals surface area contributed by atoms with Gasteiger partial charge in [-0.25, -0.2) is 23.4 Å². The second-order valence-corrected chi connectivity index (χ2v) is 12.2. The summed E-state index contributed by atoms with van der Waals surface area (Å²) in [6.07, 6.45) is 7.07. The molecule has 0 bridgehead atoms. The van der Waals surface area contributed by atoms with Gasteiger partial charge in [0.2, 0.25) is 0 Å². The van der Waals surface area contributed by atoms with Gasteiger partial charge in [-0.3, -0.25) is 4.98 Å². The third-order valence-electron chi connectivity index (χ3n) is 9.09. The molecule has 1 fully saturated rings. The van der Waals surface area contributed by atoms with Gasteiger partial charge in [-0.15, -0.1) is 0 Å². The fourth-order valence-electron chi connectivity index (χ4n) is 6.54. The molecule has 1 aromatic carbocycles. The van der Waals surface area contributed by atoms with Gasteiger partial charge >= 0.3 is 6.18 Å². The summed E-state index contributed by atoms with van der Waals surface area (Å²) in [6, 6.07) is 11.7. The largest absolute Gasteiger partial charge is 0.433 e. The van der Waals surface area contributed by atoms with E-state index < -0.39 is 36.5 Å². The van der Waals surface area contributed by atoms with Gasteiger partial charge in [0.05, 0.1) is 42.7 Å². The number of nitrogens with zero attached hydrogens (tertiary/aromatic N) is 7. The Morgan fingerprint density at radius 3 is 2.38 bits per heavy atom. The van der Waals surface area contributed by atoms with E-state index in [0.29, 0.717) is 29.2 Å². The standard InChI is InChI=1S/C34H30F5N7O/c1-21-26-15-23(33(47,30-17-40-20-44(30)2)24-7-11-29(41-16-24)34(37,38)39)6-10-28(26)43-31(45-18-32(35,36)19-45)27(21)14-22-4-8-25(9-5-22)46-13-3-12-42-46/h3-13,16-17,20,26,47H,14-15,18-19H2,1-2H3. The lowest BCUT2D eigenvalue weighted by molar-refractivity contribution is -0.141. The molecule has 0 amide bonds. The van der Waals surface area contributed by atoms with Crippen LogP contribution in [0, 0.1) is 5.92 Å². The third kappa shape index (κ3) is 5.47. The van der Waals surface area contributed by atoms with E-state index in [1.807, 2.05) is 43.5 Å². The molecule has 2 unspecified atom stereocenters. The predicted octanol–water partition coefficient (Wildman–Crippen LogP) is 6.01. The van der Waals surface area contributed by atoms with E-state index in [-0.39, 0.29) is 17.9 Å². The lowest BCUT2D eigenvalue weighted by Crippen LogP contribution is -2.59. The van der Waals surface area contributed by atoms with Crippen molar-refractivity contribution in [3.8, 4) is 5.69 Å². The van der Waals surface area contributed by atoms with E-state index in [9.17, 15) is 27.1 Å². The second-order valence-electron chi connectivity index (χ2n) is 12.2. The number of allylic oxidation sites excluding steroid dienone is 3. The highest BCUT2D eigenvalue weighted by Gasteiger charge is 2.48. The number of imidazole rings is 1. The summed E-state index contributed by atoms with van der Waals surface area (Å²) >= 11 is 0. The lowest BCUT2D eigenvalue weighted by Gasteiger charge is -2.44. The van der Waals surface area contributed by atoms with Gasteiger partial charge < -0.3 is 14.6 Å². The van der Waals surface area contributed by atoms with Gasteiger partial charge in [0.1, 0.15) is 11.5 Å². The van der Waals surface area contributed by atoms with Crippen LogP contribution in [-0.2, 0) is 25.2 Å². The second kappa shape index (κ2) is 11.1. The average molecular weight is 648 g/mol. The molecule has 2 atom stereocenters. The van der Waals surface area contributed by atoms with Crippen LogP contribution in [0.15, 0.2) is 113 Å². The van der Waals surface area contributed by atoms with E-state index in [0.717, 1.165) is 34.7 Å². The fourth-order valence-corrected chi connectivity index (χ4v) is 6.54. The van der Waals surface area contributed by atoms with Crippen LogP contribution in [0.2, 0.25) is 0 Å². The molecule has 0 spiro atoms. The van der Waals surface area contributed by atoms with Crippen LogP contribution in [0.3, 0.4) is 0 Å². The molecule has 7 rings (SSSR count). The molecule has 13 heteroatoms. The normalized spacial score (nSPS) is 20.6. The Bertz CT molecular complexity index is 1930. The number of pyridine rings is 1. The molecule has 3 aliphatic rings. The Kier molecular flexibility index (Phi) is 7.27. The summed E-state index contributed by atoms with van der Waals surface area (Å²) in [5.74, 6) is -2.62. The molecule has 1 saturated heterocycles. The monoisotopic (exact) mass is 647 g/mol. The first kappa shape index (κ1) is 30.7. The Labute approximate surface area is 266 Å². The minimum Gasteiger partial charge on any atom is -0.375 e.